The zero-order valence-corrected chi connectivity index (χ0v) is 6.81. The highest BCUT2D eigenvalue weighted by molar-refractivity contribution is 5.74. The van der Waals surface area contributed by atoms with Gasteiger partial charge >= 0.3 is 5.97 Å². The van der Waals surface area contributed by atoms with Crippen LogP contribution in [0.15, 0.2) is 12.2 Å². The van der Waals surface area contributed by atoms with Crippen molar-refractivity contribution in [3.63, 3.8) is 0 Å². The highest BCUT2D eigenvalue weighted by Gasteiger charge is 2.13. The van der Waals surface area contributed by atoms with Crippen LogP contribution in [0, 0.1) is 5.92 Å². The van der Waals surface area contributed by atoms with Crippen molar-refractivity contribution in [2.24, 2.45) is 5.92 Å². The summed E-state index contributed by atoms with van der Waals surface area (Å²) in [6.07, 6.45) is 0. The second kappa shape index (κ2) is 4.09. The Morgan fingerprint density at radius 1 is 1.70 bits per heavy atom. The SMILES string of the molecule is C=C(C)C(C)C(=O)OCC. The molecule has 0 aromatic rings. The molecule has 58 valence electrons. The van der Waals surface area contributed by atoms with Crippen molar-refractivity contribution < 1.29 is 9.53 Å². The summed E-state index contributed by atoms with van der Waals surface area (Å²) in [5.74, 6) is -0.352. The first-order valence-electron chi connectivity index (χ1n) is 3.41. The van der Waals surface area contributed by atoms with E-state index in [1.165, 1.54) is 0 Å². The lowest BCUT2D eigenvalue weighted by Crippen LogP contribution is -2.14. The van der Waals surface area contributed by atoms with E-state index in [2.05, 4.69) is 6.58 Å². The summed E-state index contributed by atoms with van der Waals surface area (Å²) in [5.41, 5.74) is 0.846. The van der Waals surface area contributed by atoms with Gasteiger partial charge in [0.25, 0.3) is 0 Å². The minimum Gasteiger partial charge on any atom is -0.466 e. The average molecular weight is 142 g/mol. The molecule has 10 heavy (non-hydrogen) atoms. The molecule has 0 aliphatic rings. The maximum atomic E-state index is 10.9. The summed E-state index contributed by atoms with van der Waals surface area (Å²) in [6.45, 7) is 9.51. The van der Waals surface area contributed by atoms with Crippen LogP contribution in [0.5, 0.6) is 0 Å². The molecule has 2 nitrogen and oxygen atoms in total. The third-order valence-corrected chi connectivity index (χ3v) is 1.38. The molecule has 1 atom stereocenters. The van der Waals surface area contributed by atoms with Gasteiger partial charge in [-0.05, 0) is 20.8 Å². The molecule has 0 aliphatic heterocycles. The van der Waals surface area contributed by atoms with Gasteiger partial charge < -0.3 is 4.74 Å². The summed E-state index contributed by atoms with van der Waals surface area (Å²) in [4.78, 5) is 10.9. The van der Waals surface area contributed by atoms with E-state index in [0.717, 1.165) is 5.57 Å². The van der Waals surface area contributed by atoms with E-state index in [9.17, 15) is 4.79 Å². The number of ether oxygens (including phenoxy) is 1. The van der Waals surface area contributed by atoms with E-state index in [0.29, 0.717) is 6.61 Å². The van der Waals surface area contributed by atoms with Crippen molar-refractivity contribution in [3.05, 3.63) is 12.2 Å². The molecule has 0 saturated carbocycles. The molecule has 0 saturated heterocycles. The van der Waals surface area contributed by atoms with Crippen LogP contribution in [0.4, 0.5) is 0 Å². The average Bonchev–Trinajstić information content (AvgIpc) is 1.87. The van der Waals surface area contributed by atoms with Gasteiger partial charge in [0.15, 0.2) is 0 Å². The van der Waals surface area contributed by atoms with Crippen LogP contribution in [0.3, 0.4) is 0 Å². The van der Waals surface area contributed by atoms with E-state index in [4.69, 9.17) is 4.74 Å². The van der Waals surface area contributed by atoms with Gasteiger partial charge in [-0.1, -0.05) is 12.2 Å². The Hall–Kier alpha value is -0.790. The minimum atomic E-state index is -0.185. The zero-order chi connectivity index (χ0) is 8.15. The first-order valence-corrected chi connectivity index (χ1v) is 3.41. The summed E-state index contributed by atoms with van der Waals surface area (Å²) in [5, 5.41) is 0. The van der Waals surface area contributed by atoms with Crippen molar-refractivity contribution in [1.82, 2.24) is 0 Å². The Morgan fingerprint density at radius 3 is 2.50 bits per heavy atom. The smallest absolute Gasteiger partial charge is 0.312 e. The number of hydrogen-bond donors (Lipinski definition) is 0. The molecule has 0 amide bonds. The van der Waals surface area contributed by atoms with Crippen LogP contribution in [-0.4, -0.2) is 12.6 Å². The Labute approximate surface area is 61.9 Å². The van der Waals surface area contributed by atoms with Gasteiger partial charge in [0.2, 0.25) is 0 Å². The predicted molar refractivity (Wildman–Crippen MR) is 40.6 cm³/mol. The van der Waals surface area contributed by atoms with Crippen LogP contribution in [-0.2, 0) is 9.53 Å². The van der Waals surface area contributed by atoms with Crippen molar-refractivity contribution in [1.29, 1.82) is 0 Å². The first kappa shape index (κ1) is 9.21. The number of carbonyl (C=O) groups is 1. The normalized spacial score (nSPS) is 12.3. The van der Waals surface area contributed by atoms with Gasteiger partial charge in [0.05, 0.1) is 12.5 Å². The van der Waals surface area contributed by atoms with E-state index >= 15 is 0 Å². The molecule has 0 radical (unpaired) electrons. The Bertz CT molecular complexity index is 138. The number of carbonyl (C=O) groups excluding carboxylic acids is 1. The standard InChI is InChI=1S/C8H14O2/c1-5-10-8(9)7(4)6(2)3/h7H,2,5H2,1,3-4H3. The van der Waals surface area contributed by atoms with Crippen molar-refractivity contribution >= 4 is 5.97 Å². The molecule has 0 rings (SSSR count). The highest BCUT2D eigenvalue weighted by atomic mass is 16.5. The summed E-state index contributed by atoms with van der Waals surface area (Å²) < 4.78 is 4.77. The molecule has 0 aromatic carbocycles. The van der Waals surface area contributed by atoms with E-state index < -0.39 is 0 Å². The molecule has 0 spiro atoms. The van der Waals surface area contributed by atoms with Crippen molar-refractivity contribution in [2.45, 2.75) is 20.8 Å². The van der Waals surface area contributed by atoms with Crippen LogP contribution in [0.2, 0.25) is 0 Å². The third-order valence-electron chi connectivity index (χ3n) is 1.38. The van der Waals surface area contributed by atoms with E-state index in [1.54, 1.807) is 13.8 Å². The predicted octanol–water partition coefficient (Wildman–Crippen LogP) is 1.76. The van der Waals surface area contributed by atoms with Gasteiger partial charge in [-0.2, -0.15) is 0 Å². The number of esters is 1. The molecule has 1 unspecified atom stereocenters. The van der Waals surface area contributed by atoms with Crippen LogP contribution >= 0.6 is 0 Å². The summed E-state index contributed by atoms with van der Waals surface area (Å²) in [7, 11) is 0. The van der Waals surface area contributed by atoms with E-state index in [-0.39, 0.29) is 11.9 Å². The molecule has 0 fully saturated rings. The molecule has 0 bridgehead atoms. The maximum Gasteiger partial charge on any atom is 0.312 e. The fourth-order valence-electron chi connectivity index (χ4n) is 0.468. The fraction of sp³-hybridized carbons (Fsp3) is 0.625. The second-order valence-electron chi connectivity index (χ2n) is 2.32. The zero-order valence-electron chi connectivity index (χ0n) is 6.81. The van der Waals surface area contributed by atoms with Gasteiger partial charge in [-0.3, -0.25) is 4.79 Å². The van der Waals surface area contributed by atoms with Gasteiger partial charge in [-0.25, -0.2) is 0 Å². The Balaban J connectivity index is 3.82. The van der Waals surface area contributed by atoms with Gasteiger partial charge in [-0.15, -0.1) is 0 Å². The van der Waals surface area contributed by atoms with Crippen molar-refractivity contribution in [2.75, 3.05) is 6.61 Å². The largest absolute Gasteiger partial charge is 0.466 e. The number of hydrogen-bond acceptors (Lipinski definition) is 2. The van der Waals surface area contributed by atoms with Crippen molar-refractivity contribution in [3.8, 4) is 0 Å². The Morgan fingerprint density at radius 2 is 2.20 bits per heavy atom. The summed E-state index contributed by atoms with van der Waals surface area (Å²) >= 11 is 0. The third kappa shape index (κ3) is 2.67. The maximum absolute atomic E-state index is 10.9. The Kier molecular flexibility index (Phi) is 3.77. The molecular formula is C8H14O2. The lowest BCUT2D eigenvalue weighted by atomic mass is 10.1. The molecular weight excluding hydrogens is 128 g/mol. The summed E-state index contributed by atoms with van der Waals surface area (Å²) in [6, 6.07) is 0. The monoisotopic (exact) mass is 142 g/mol. The molecule has 2 heteroatoms. The van der Waals surface area contributed by atoms with E-state index in [1.807, 2.05) is 6.92 Å². The molecule has 0 aromatic heterocycles. The van der Waals surface area contributed by atoms with Gasteiger partial charge in [0, 0.05) is 0 Å². The molecule has 0 N–H and O–H groups in total. The minimum absolute atomic E-state index is 0.167. The lowest BCUT2D eigenvalue weighted by Gasteiger charge is -2.08. The number of rotatable bonds is 3. The topological polar surface area (TPSA) is 26.3 Å². The fourth-order valence-corrected chi connectivity index (χ4v) is 0.468. The van der Waals surface area contributed by atoms with Crippen LogP contribution < -0.4 is 0 Å². The van der Waals surface area contributed by atoms with Crippen LogP contribution in [0.25, 0.3) is 0 Å². The first-order chi connectivity index (χ1) is 4.59. The second-order valence-corrected chi connectivity index (χ2v) is 2.32. The van der Waals surface area contributed by atoms with Crippen LogP contribution in [0.1, 0.15) is 20.8 Å². The van der Waals surface area contributed by atoms with Gasteiger partial charge in [0.1, 0.15) is 0 Å². The molecule has 0 aliphatic carbocycles. The quantitative estimate of drug-likeness (QED) is 0.443. The lowest BCUT2D eigenvalue weighted by molar-refractivity contribution is -0.146. The highest BCUT2D eigenvalue weighted by Crippen LogP contribution is 2.08. The molecule has 0 heterocycles.